The number of hydrogen-bond donors (Lipinski definition) is 1. The SMILES string of the molecule is COCCOCCCOCCOCCN. The van der Waals surface area contributed by atoms with Crippen LogP contribution in [0, 0.1) is 0 Å². The van der Waals surface area contributed by atoms with Crippen molar-refractivity contribution >= 4 is 0 Å². The quantitative estimate of drug-likeness (QED) is 0.471. The van der Waals surface area contributed by atoms with Crippen molar-refractivity contribution in [3.05, 3.63) is 0 Å². The first kappa shape index (κ1) is 14.8. The van der Waals surface area contributed by atoms with Gasteiger partial charge in [0.2, 0.25) is 0 Å². The van der Waals surface area contributed by atoms with Crippen molar-refractivity contribution in [3.8, 4) is 0 Å². The fourth-order valence-corrected chi connectivity index (χ4v) is 0.913. The van der Waals surface area contributed by atoms with Gasteiger partial charge in [-0.15, -0.1) is 0 Å². The Morgan fingerprint density at radius 2 is 1.27 bits per heavy atom. The van der Waals surface area contributed by atoms with Gasteiger partial charge in [0.1, 0.15) is 0 Å². The highest BCUT2D eigenvalue weighted by Gasteiger charge is 1.91. The molecule has 0 aromatic rings. The second-order valence-electron chi connectivity index (χ2n) is 2.97. The van der Waals surface area contributed by atoms with Gasteiger partial charge in [0.15, 0.2) is 0 Å². The summed E-state index contributed by atoms with van der Waals surface area (Å²) in [4.78, 5) is 0. The Balaban J connectivity index is 2.81. The van der Waals surface area contributed by atoms with Gasteiger partial charge in [-0.25, -0.2) is 0 Å². The molecule has 0 saturated heterocycles. The third-order valence-corrected chi connectivity index (χ3v) is 1.64. The van der Waals surface area contributed by atoms with Crippen LogP contribution in [0.25, 0.3) is 0 Å². The molecule has 0 amide bonds. The first-order valence-electron chi connectivity index (χ1n) is 5.34. The zero-order chi connectivity index (χ0) is 11.2. The average Bonchev–Trinajstić information content (AvgIpc) is 2.26. The molecule has 15 heavy (non-hydrogen) atoms. The predicted octanol–water partition coefficient (Wildman–Crippen LogP) is 0.0314. The molecule has 0 heterocycles. The average molecular weight is 221 g/mol. The number of methoxy groups -OCH3 is 1. The lowest BCUT2D eigenvalue weighted by atomic mass is 10.5. The molecule has 0 spiro atoms. The Kier molecular flexibility index (Phi) is 13.6. The lowest BCUT2D eigenvalue weighted by Gasteiger charge is -2.05. The topological polar surface area (TPSA) is 62.9 Å². The summed E-state index contributed by atoms with van der Waals surface area (Å²) in [5, 5.41) is 0. The molecule has 0 saturated carbocycles. The number of hydrogen-bond acceptors (Lipinski definition) is 5. The van der Waals surface area contributed by atoms with E-state index in [4.69, 9.17) is 24.7 Å². The number of nitrogens with two attached hydrogens (primary N) is 1. The molecule has 0 fully saturated rings. The van der Waals surface area contributed by atoms with E-state index in [-0.39, 0.29) is 0 Å². The number of rotatable bonds is 12. The van der Waals surface area contributed by atoms with E-state index >= 15 is 0 Å². The Morgan fingerprint density at radius 3 is 1.80 bits per heavy atom. The maximum Gasteiger partial charge on any atom is 0.0701 e. The minimum absolute atomic E-state index is 0.563. The summed E-state index contributed by atoms with van der Waals surface area (Å²) in [6.45, 7) is 5.12. The monoisotopic (exact) mass is 221 g/mol. The maximum absolute atomic E-state index is 5.31. The summed E-state index contributed by atoms with van der Waals surface area (Å²) in [7, 11) is 1.66. The van der Waals surface area contributed by atoms with Gasteiger partial charge in [-0.1, -0.05) is 0 Å². The molecule has 0 unspecified atom stereocenters. The van der Waals surface area contributed by atoms with Crippen molar-refractivity contribution in [2.75, 3.05) is 59.9 Å². The minimum Gasteiger partial charge on any atom is -0.382 e. The molecule has 5 nitrogen and oxygen atoms in total. The molecule has 92 valence electrons. The van der Waals surface area contributed by atoms with Gasteiger partial charge in [0, 0.05) is 26.9 Å². The first-order valence-corrected chi connectivity index (χ1v) is 5.34. The Labute approximate surface area is 91.8 Å². The van der Waals surface area contributed by atoms with Crippen LogP contribution in [0.5, 0.6) is 0 Å². The Morgan fingerprint density at radius 1 is 0.733 bits per heavy atom. The highest BCUT2D eigenvalue weighted by atomic mass is 16.5. The summed E-state index contributed by atoms with van der Waals surface area (Å²) >= 11 is 0. The van der Waals surface area contributed by atoms with Crippen LogP contribution in [0.1, 0.15) is 6.42 Å². The zero-order valence-corrected chi connectivity index (χ0v) is 9.57. The van der Waals surface area contributed by atoms with Crippen LogP contribution in [0.3, 0.4) is 0 Å². The third-order valence-electron chi connectivity index (χ3n) is 1.64. The molecule has 0 atom stereocenters. The van der Waals surface area contributed by atoms with Gasteiger partial charge < -0.3 is 24.7 Å². The van der Waals surface area contributed by atoms with Crippen LogP contribution >= 0.6 is 0 Å². The molecular weight excluding hydrogens is 198 g/mol. The zero-order valence-electron chi connectivity index (χ0n) is 9.57. The van der Waals surface area contributed by atoms with Crippen LogP contribution in [-0.2, 0) is 18.9 Å². The van der Waals surface area contributed by atoms with E-state index in [0.29, 0.717) is 52.8 Å². The molecule has 5 heteroatoms. The van der Waals surface area contributed by atoms with E-state index in [0.717, 1.165) is 6.42 Å². The van der Waals surface area contributed by atoms with Crippen LogP contribution in [-0.4, -0.2) is 59.9 Å². The molecule has 0 aliphatic heterocycles. The summed E-state index contributed by atoms with van der Waals surface area (Å²) < 4.78 is 20.6. The van der Waals surface area contributed by atoms with Crippen molar-refractivity contribution in [3.63, 3.8) is 0 Å². The van der Waals surface area contributed by atoms with E-state index in [1.54, 1.807) is 7.11 Å². The van der Waals surface area contributed by atoms with Crippen molar-refractivity contribution < 1.29 is 18.9 Å². The van der Waals surface area contributed by atoms with Gasteiger partial charge in [-0.05, 0) is 6.42 Å². The molecule has 2 N–H and O–H groups in total. The molecule has 0 aromatic carbocycles. The van der Waals surface area contributed by atoms with E-state index < -0.39 is 0 Å². The summed E-state index contributed by atoms with van der Waals surface area (Å²) in [6.07, 6.45) is 0.903. The van der Waals surface area contributed by atoms with Gasteiger partial charge in [-0.2, -0.15) is 0 Å². The molecule has 0 radical (unpaired) electrons. The molecule has 0 aromatic heterocycles. The minimum atomic E-state index is 0.563. The normalized spacial score (nSPS) is 10.8. The summed E-state index contributed by atoms with van der Waals surface area (Å²) in [5.41, 5.74) is 5.26. The second kappa shape index (κ2) is 13.8. The Bertz CT molecular complexity index is 102. The van der Waals surface area contributed by atoms with Gasteiger partial charge in [-0.3, -0.25) is 0 Å². The molecule has 0 bridgehead atoms. The summed E-state index contributed by atoms with van der Waals surface area (Å²) in [6, 6.07) is 0. The van der Waals surface area contributed by atoms with Gasteiger partial charge in [0.25, 0.3) is 0 Å². The van der Waals surface area contributed by atoms with E-state index in [9.17, 15) is 0 Å². The van der Waals surface area contributed by atoms with Crippen molar-refractivity contribution in [2.24, 2.45) is 5.73 Å². The van der Waals surface area contributed by atoms with Crippen molar-refractivity contribution in [2.45, 2.75) is 6.42 Å². The first-order chi connectivity index (χ1) is 7.41. The highest BCUT2D eigenvalue weighted by molar-refractivity contribution is 4.37. The largest absolute Gasteiger partial charge is 0.382 e. The third kappa shape index (κ3) is 13.8. The van der Waals surface area contributed by atoms with Crippen LogP contribution in [0.15, 0.2) is 0 Å². The predicted molar refractivity (Wildman–Crippen MR) is 58.0 cm³/mol. The fraction of sp³-hybridized carbons (Fsp3) is 1.00. The van der Waals surface area contributed by atoms with E-state index in [1.165, 1.54) is 0 Å². The molecule has 0 rings (SSSR count). The fourth-order valence-electron chi connectivity index (χ4n) is 0.913. The van der Waals surface area contributed by atoms with E-state index in [2.05, 4.69) is 0 Å². The molecule has 0 aliphatic rings. The van der Waals surface area contributed by atoms with E-state index in [1.807, 2.05) is 0 Å². The summed E-state index contributed by atoms with van der Waals surface area (Å²) in [5.74, 6) is 0. The lowest BCUT2D eigenvalue weighted by molar-refractivity contribution is 0.0295. The van der Waals surface area contributed by atoms with Crippen LogP contribution < -0.4 is 5.73 Å². The van der Waals surface area contributed by atoms with Crippen molar-refractivity contribution in [1.82, 2.24) is 0 Å². The standard InChI is InChI=1S/C10H23NO4/c1-12-7-8-13-4-2-5-14-9-10-15-6-3-11/h2-11H2,1H3. The smallest absolute Gasteiger partial charge is 0.0701 e. The second-order valence-corrected chi connectivity index (χ2v) is 2.97. The van der Waals surface area contributed by atoms with Gasteiger partial charge in [0.05, 0.1) is 33.0 Å². The van der Waals surface area contributed by atoms with Gasteiger partial charge >= 0.3 is 0 Å². The number of ether oxygens (including phenoxy) is 4. The van der Waals surface area contributed by atoms with Crippen LogP contribution in [0.2, 0.25) is 0 Å². The molecule has 0 aliphatic carbocycles. The molecular formula is C10H23NO4. The van der Waals surface area contributed by atoms with Crippen LogP contribution in [0.4, 0.5) is 0 Å². The lowest BCUT2D eigenvalue weighted by Crippen LogP contribution is -2.12. The van der Waals surface area contributed by atoms with Crippen molar-refractivity contribution in [1.29, 1.82) is 0 Å². The maximum atomic E-state index is 5.31. The Hall–Kier alpha value is -0.200. The highest BCUT2D eigenvalue weighted by Crippen LogP contribution is 1.86.